The highest BCUT2D eigenvalue weighted by Crippen LogP contribution is 2.53. The maximum Gasteiger partial charge on any atom is 0.339 e. The predicted octanol–water partition coefficient (Wildman–Crippen LogP) is 5.11. The minimum atomic E-state index is -1.27. The topological polar surface area (TPSA) is 81.1 Å². The first-order valence-corrected chi connectivity index (χ1v) is 11.6. The van der Waals surface area contributed by atoms with Gasteiger partial charge < -0.3 is 10.2 Å². The van der Waals surface area contributed by atoms with E-state index in [-0.39, 0.29) is 28.6 Å². The second kappa shape index (κ2) is 8.09. The first kappa shape index (κ1) is 25.1. The summed E-state index contributed by atoms with van der Waals surface area (Å²) in [5, 5.41) is 20.3. The molecule has 2 heterocycles. The van der Waals surface area contributed by atoms with Crippen LogP contribution in [0.5, 0.6) is 0 Å². The minimum absolute atomic E-state index is 0.0155. The summed E-state index contributed by atoms with van der Waals surface area (Å²) in [5.41, 5.74) is -2.52. The normalized spacial score (nSPS) is 26.3. The molecule has 6 nitrogen and oxygen atoms in total. The molecule has 2 N–H and O–H groups in total. The molecular formula is C24H44N2O4. The van der Waals surface area contributed by atoms with Crippen LogP contribution in [-0.4, -0.2) is 59.8 Å². The summed E-state index contributed by atoms with van der Waals surface area (Å²) in [6, 6.07) is 0. The highest BCUT2D eigenvalue weighted by molar-refractivity contribution is 5.79. The lowest BCUT2D eigenvalue weighted by Gasteiger charge is -2.68. The molecule has 0 spiro atoms. The Hall–Kier alpha value is -1.14. The monoisotopic (exact) mass is 424 g/mol. The van der Waals surface area contributed by atoms with E-state index in [0.29, 0.717) is 12.8 Å². The lowest BCUT2D eigenvalue weighted by atomic mass is 9.71. The zero-order chi connectivity index (χ0) is 23.2. The molecule has 0 aromatic heterocycles. The third-order valence-corrected chi connectivity index (χ3v) is 7.57. The van der Waals surface area contributed by atoms with Crippen LogP contribution in [0, 0.1) is 0 Å². The molecule has 0 amide bonds. The zero-order valence-electron chi connectivity index (χ0n) is 20.5. The number of nitrogens with zero attached hydrogens (tertiary/aromatic N) is 2. The third kappa shape index (κ3) is 4.40. The molecular weight excluding hydrogens is 380 g/mol. The number of carbonyl (C=O) groups is 2. The summed E-state index contributed by atoms with van der Waals surface area (Å²) in [4.78, 5) is 29.3. The molecule has 0 aromatic rings. The Morgan fingerprint density at radius 3 is 1.33 bits per heavy atom. The number of piperidine rings is 2. The van der Waals surface area contributed by atoms with Crippen molar-refractivity contribution in [1.29, 1.82) is 0 Å². The van der Waals surface area contributed by atoms with E-state index in [1.807, 2.05) is 0 Å². The molecule has 6 heteroatoms. The van der Waals surface area contributed by atoms with E-state index < -0.39 is 17.6 Å². The van der Waals surface area contributed by atoms with Crippen LogP contribution in [0.1, 0.15) is 113 Å². The number of aliphatic carboxylic acids is 2. The molecule has 0 bridgehead atoms. The maximum atomic E-state index is 13.4. The van der Waals surface area contributed by atoms with Crippen LogP contribution in [0.4, 0.5) is 0 Å². The Morgan fingerprint density at radius 2 is 1.07 bits per heavy atom. The van der Waals surface area contributed by atoms with Crippen LogP contribution < -0.4 is 0 Å². The van der Waals surface area contributed by atoms with Gasteiger partial charge in [-0.2, -0.15) is 0 Å². The molecule has 0 unspecified atom stereocenters. The van der Waals surface area contributed by atoms with Gasteiger partial charge >= 0.3 is 11.9 Å². The van der Waals surface area contributed by atoms with Crippen LogP contribution in [0.3, 0.4) is 0 Å². The van der Waals surface area contributed by atoms with Crippen molar-refractivity contribution >= 4 is 11.9 Å². The molecule has 0 atom stereocenters. The predicted molar refractivity (Wildman–Crippen MR) is 120 cm³/mol. The minimum Gasteiger partial charge on any atom is -0.481 e. The van der Waals surface area contributed by atoms with Crippen LogP contribution >= 0.6 is 0 Å². The largest absolute Gasteiger partial charge is 0.481 e. The molecule has 30 heavy (non-hydrogen) atoms. The quantitative estimate of drug-likeness (QED) is 0.591. The summed E-state index contributed by atoms with van der Waals surface area (Å²) in [5.74, 6) is -1.72. The lowest BCUT2D eigenvalue weighted by molar-refractivity contribution is -0.246. The van der Waals surface area contributed by atoms with Crippen LogP contribution in [-0.2, 0) is 9.59 Å². The highest BCUT2D eigenvalue weighted by Gasteiger charge is 2.64. The Balaban J connectivity index is 2.78. The Bertz CT molecular complexity index is 596. The van der Waals surface area contributed by atoms with Crippen molar-refractivity contribution in [3.63, 3.8) is 0 Å². The van der Waals surface area contributed by atoms with E-state index >= 15 is 0 Å². The standard InChI is InChI=1S/C24H44N2O4/c1-20(2)13-10-14-21(3,4)25(20)24(19(29)30,17-9-12-18(27)28)26-22(5,6)15-11-16-23(26,7)8/h9-17H2,1-8H3,(H,27,28)(H,29,30). The van der Waals surface area contributed by atoms with Crippen molar-refractivity contribution in [2.75, 3.05) is 0 Å². The second-order valence-corrected chi connectivity index (χ2v) is 12.0. The Labute approximate surface area is 183 Å². The second-order valence-electron chi connectivity index (χ2n) is 12.0. The van der Waals surface area contributed by atoms with Gasteiger partial charge in [-0.1, -0.05) is 0 Å². The first-order valence-electron chi connectivity index (χ1n) is 11.6. The average Bonchev–Trinajstić information content (AvgIpc) is 2.50. The molecule has 2 rings (SSSR count). The van der Waals surface area contributed by atoms with E-state index in [1.165, 1.54) is 0 Å². The molecule has 0 radical (unpaired) electrons. The van der Waals surface area contributed by atoms with Crippen molar-refractivity contribution < 1.29 is 19.8 Å². The van der Waals surface area contributed by atoms with Crippen LogP contribution in [0.25, 0.3) is 0 Å². The number of hydrogen-bond donors (Lipinski definition) is 2. The van der Waals surface area contributed by atoms with E-state index in [2.05, 4.69) is 65.2 Å². The van der Waals surface area contributed by atoms with E-state index in [1.54, 1.807) is 0 Å². The SMILES string of the molecule is CC1(C)CCCC(C)(C)N1C(CCCC(=O)O)(C(=O)O)N1C(C)(C)CCCC1(C)C. The molecule has 2 saturated heterocycles. The zero-order valence-corrected chi connectivity index (χ0v) is 20.5. The molecule has 174 valence electrons. The Kier molecular flexibility index (Phi) is 6.77. The summed E-state index contributed by atoms with van der Waals surface area (Å²) in [6.07, 6.45) is 6.47. The van der Waals surface area contributed by atoms with Crippen molar-refractivity contribution in [3.8, 4) is 0 Å². The van der Waals surface area contributed by atoms with Gasteiger partial charge in [-0.05, 0) is 107 Å². The van der Waals surface area contributed by atoms with Gasteiger partial charge in [0.1, 0.15) is 0 Å². The number of likely N-dealkylation sites (tertiary alicyclic amines) is 2. The van der Waals surface area contributed by atoms with Crippen molar-refractivity contribution in [2.45, 2.75) is 141 Å². The summed E-state index contributed by atoms with van der Waals surface area (Å²) in [6.45, 7) is 17.3. The van der Waals surface area contributed by atoms with Crippen molar-refractivity contribution in [3.05, 3.63) is 0 Å². The van der Waals surface area contributed by atoms with Gasteiger partial charge in [0, 0.05) is 28.6 Å². The fraction of sp³-hybridized carbons (Fsp3) is 0.917. The Morgan fingerprint density at radius 1 is 0.733 bits per heavy atom. The van der Waals surface area contributed by atoms with Gasteiger partial charge in [0.05, 0.1) is 0 Å². The fourth-order valence-electron chi connectivity index (χ4n) is 7.10. The maximum absolute atomic E-state index is 13.4. The number of rotatable bonds is 7. The van der Waals surface area contributed by atoms with E-state index in [0.717, 1.165) is 38.5 Å². The van der Waals surface area contributed by atoms with Crippen molar-refractivity contribution in [1.82, 2.24) is 9.80 Å². The van der Waals surface area contributed by atoms with Gasteiger partial charge in [0.25, 0.3) is 0 Å². The molecule has 0 aliphatic carbocycles. The number of carboxylic acids is 2. The van der Waals surface area contributed by atoms with Gasteiger partial charge in [-0.25, -0.2) is 4.79 Å². The third-order valence-electron chi connectivity index (χ3n) is 7.57. The molecule has 0 saturated carbocycles. The van der Waals surface area contributed by atoms with Crippen molar-refractivity contribution in [2.24, 2.45) is 0 Å². The van der Waals surface area contributed by atoms with Crippen LogP contribution in [0.15, 0.2) is 0 Å². The lowest BCUT2D eigenvalue weighted by Crippen LogP contribution is -2.82. The average molecular weight is 425 g/mol. The van der Waals surface area contributed by atoms with Gasteiger partial charge in [0.15, 0.2) is 5.66 Å². The smallest absolute Gasteiger partial charge is 0.339 e. The molecule has 2 aliphatic rings. The van der Waals surface area contributed by atoms with Gasteiger partial charge in [-0.15, -0.1) is 0 Å². The molecule has 0 aromatic carbocycles. The van der Waals surface area contributed by atoms with E-state index in [9.17, 15) is 19.8 Å². The van der Waals surface area contributed by atoms with Gasteiger partial charge in [0.2, 0.25) is 0 Å². The van der Waals surface area contributed by atoms with E-state index in [4.69, 9.17) is 0 Å². The fourth-order valence-corrected chi connectivity index (χ4v) is 7.10. The first-order chi connectivity index (χ1) is 13.5. The highest BCUT2D eigenvalue weighted by atomic mass is 16.4. The van der Waals surface area contributed by atoms with Gasteiger partial charge in [-0.3, -0.25) is 14.6 Å². The molecule has 2 aliphatic heterocycles. The summed E-state index contributed by atoms with van der Waals surface area (Å²) in [7, 11) is 0. The number of carboxylic acid groups (broad SMARTS) is 2. The molecule has 2 fully saturated rings. The van der Waals surface area contributed by atoms with Crippen LogP contribution in [0.2, 0.25) is 0 Å². The summed E-state index contributed by atoms with van der Waals surface area (Å²) < 4.78 is 0. The number of hydrogen-bond acceptors (Lipinski definition) is 4. The summed E-state index contributed by atoms with van der Waals surface area (Å²) >= 11 is 0.